The van der Waals surface area contributed by atoms with E-state index in [2.05, 4.69) is 21.5 Å². The van der Waals surface area contributed by atoms with Gasteiger partial charge in [-0.05, 0) is 55.9 Å². The first-order valence-corrected chi connectivity index (χ1v) is 9.14. The highest BCUT2D eigenvalue weighted by Crippen LogP contribution is 2.34. The number of tetrazole rings is 1. The molecule has 1 saturated carbocycles. The van der Waals surface area contributed by atoms with Crippen molar-refractivity contribution < 1.29 is 4.79 Å². The van der Waals surface area contributed by atoms with E-state index in [0.717, 1.165) is 37.7 Å². The Labute approximate surface area is 151 Å². The summed E-state index contributed by atoms with van der Waals surface area (Å²) in [5.41, 5.74) is 1.89. The summed E-state index contributed by atoms with van der Waals surface area (Å²) in [6.07, 6.45) is 8.78. The Morgan fingerprint density at radius 1 is 1.28 bits per heavy atom. The molecule has 4 rings (SSSR count). The van der Waals surface area contributed by atoms with Gasteiger partial charge in [-0.3, -0.25) is 4.79 Å². The number of carbonyl (C=O) groups is 1. The average Bonchev–Trinajstić information content (AvgIpc) is 3.35. The van der Waals surface area contributed by atoms with Crippen LogP contribution in [0.5, 0.6) is 0 Å². The average molecular weight is 358 g/mol. The molecule has 1 fully saturated rings. The van der Waals surface area contributed by atoms with Crippen molar-refractivity contribution in [1.82, 2.24) is 25.1 Å². The van der Waals surface area contributed by atoms with Crippen LogP contribution in [0.25, 0.3) is 11.4 Å². The van der Waals surface area contributed by atoms with Crippen LogP contribution < -0.4 is 0 Å². The van der Waals surface area contributed by atoms with Crippen molar-refractivity contribution in [2.45, 2.75) is 51.1 Å². The standard InChI is InChI=1S/C18H20ClN5O/c19-16-9-5-4-8-15(16)18-20-22-23(21-18)12-17(25)24(14-10-11-14)13-6-2-1-3-7-13/h4-6,8-9,14H,1-3,7,10-12H2. The van der Waals surface area contributed by atoms with Gasteiger partial charge in [0.25, 0.3) is 5.91 Å². The van der Waals surface area contributed by atoms with Gasteiger partial charge < -0.3 is 4.90 Å². The zero-order valence-corrected chi connectivity index (χ0v) is 14.7. The minimum absolute atomic E-state index is 0.0405. The Kier molecular flexibility index (Phi) is 4.53. The number of hydrogen-bond donors (Lipinski definition) is 0. The van der Waals surface area contributed by atoms with Gasteiger partial charge in [-0.15, -0.1) is 10.2 Å². The zero-order chi connectivity index (χ0) is 17.2. The molecule has 0 bridgehead atoms. The lowest BCUT2D eigenvalue weighted by molar-refractivity contribution is -0.131. The molecule has 2 aliphatic rings. The number of carbonyl (C=O) groups excluding carboxylic acids is 1. The van der Waals surface area contributed by atoms with Gasteiger partial charge in [0.05, 0.1) is 5.02 Å². The van der Waals surface area contributed by atoms with Crippen LogP contribution in [-0.2, 0) is 11.3 Å². The number of halogens is 1. The molecule has 0 aliphatic heterocycles. The Morgan fingerprint density at radius 2 is 2.12 bits per heavy atom. The molecule has 6 nitrogen and oxygen atoms in total. The highest BCUT2D eigenvalue weighted by molar-refractivity contribution is 6.33. The third-order valence-electron chi connectivity index (χ3n) is 4.60. The van der Waals surface area contributed by atoms with Crippen molar-refractivity contribution in [3.63, 3.8) is 0 Å². The number of rotatable bonds is 5. The summed E-state index contributed by atoms with van der Waals surface area (Å²) in [5.74, 6) is 0.479. The molecule has 7 heteroatoms. The normalized spacial score (nSPS) is 17.2. The molecule has 0 atom stereocenters. The third-order valence-corrected chi connectivity index (χ3v) is 4.93. The third kappa shape index (κ3) is 3.58. The molecule has 1 heterocycles. The van der Waals surface area contributed by atoms with Gasteiger partial charge in [0.15, 0.2) is 0 Å². The van der Waals surface area contributed by atoms with Gasteiger partial charge >= 0.3 is 0 Å². The molecule has 0 spiro atoms. The SMILES string of the molecule is O=C(Cn1nnc(-c2ccccc2Cl)n1)N(C1=CCCCC1)C1CC1. The van der Waals surface area contributed by atoms with E-state index in [1.54, 1.807) is 6.07 Å². The van der Waals surface area contributed by atoms with Crippen LogP contribution >= 0.6 is 11.6 Å². The minimum Gasteiger partial charge on any atom is -0.312 e. The summed E-state index contributed by atoms with van der Waals surface area (Å²) in [4.78, 5) is 16.2. The molecule has 25 heavy (non-hydrogen) atoms. The van der Waals surface area contributed by atoms with E-state index < -0.39 is 0 Å². The summed E-state index contributed by atoms with van der Waals surface area (Å²) >= 11 is 6.18. The Bertz CT molecular complexity index is 811. The first kappa shape index (κ1) is 16.3. The van der Waals surface area contributed by atoms with E-state index in [-0.39, 0.29) is 12.5 Å². The number of hydrogen-bond acceptors (Lipinski definition) is 4. The summed E-state index contributed by atoms with van der Waals surface area (Å²) in [5, 5.41) is 13.0. The van der Waals surface area contributed by atoms with Crippen LogP contribution in [0, 0.1) is 0 Å². The first-order chi connectivity index (χ1) is 12.2. The van der Waals surface area contributed by atoms with Gasteiger partial charge in [0.1, 0.15) is 6.54 Å². The van der Waals surface area contributed by atoms with Crippen molar-refractivity contribution in [2.75, 3.05) is 0 Å². The van der Waals surface area contributed by atoms with Crippen molar-refractivity contribution in [2.24, 2.45) is 0 Å². The molecule has 2 aromatic rings. The maximum Gasteiger partial charge on any atom is 0.250 e. The number of benzene rings is 1. The molecule has 1 amide bonds. The van der Waals surface area contributed by atoms with E-state index >= 15 is 0 Å². The molecular weight excluding hydrogens is 338 g/mol. The van der Waals surface area contributed by atoms with E-state index in [1.807, 2.05) is 23.1 Å². The lowest BCUT2D eigenvalue weighted by Crippen LogP contribution is -2.36. The van der Waals surface area contributed by atoms with E-state index in [4.69, 9.17) is 11.6 Å². The van der Waals surface area contributed by atoms with Crippen molar-refractivity contribution in [1.29, 1.82) is 0 Å². The number of amides is 1. The zero-order valence-electron chi connectivity index (χ0n) is 13.9. The van der Waals surface area contributed by atoms with Crippen molar-refractivity contribution >= 4 is 17.5 Å². The molecule has 130 valence electrons. The maximum absolute atomic E-state index is 12.8. The molecule has 1 aromatic carbocycles. The monoisotopic (exact) mass is 357 g/mol. The number of aromatic nitrogens is 4. The van der Waals surface area contributed by atoms with E-state index in [1.165, 1.54) is 16.9 Å². The molecule has 1 aromatic heterocycles. The fourth-order valence-corrected chi connectivity index (χ4v) is 3.45. The van der Waals surface area contributed by atoms with Gasteiger partial charge in [-0.25, -0.2) is 0 Å². The van der Waals surface area contributed by atoms with E-state index in [0.29, 0.717) is 16.9 Å². The van der Waals surface area contributed by atoms with Crippen LogP contribution in [0.1, 0.15) is 38.5 Å². The quantitative estimate of drug-likeness (QED) is 0.822. The van der Waals surface area contributed by atoms with Gasteiger partial charge in [-0.1, -0.05) is 29.8 Å². The predicted octanol–water partition coefficient (Wildman–Crippen LogP) is 3.44. The Balaban J connectivity index is 1.51. The second-order valence-electron chi connectivity index (χ2n) is 6.56. The van der Waals surface area contributed by atoms with Crippen LogP contribution in [0.15, 0.2) is 36.0 Å². The smallest absolute Gasteiger partial charge is 0.250 e. The lowest BCUT2D eigenvalue weighted by atomic mass is 10.0. The Morgan fingerprint density at radius 3 is 2.84 bits per heavy atom. The van der Waals surface area contributed by atoms with Crippen LogP contribution in [0.2, 0.25) is 5.02 Å². The Hall–Kier alpha value is -2.21. The van der Waals surface area contributed by atoms with Crippen molar-refractivity contribution in [3.8, 4) is 11.4 Å². The van der Waals surface area contributed by atoms with Gasteiger partial charge in [-0.2, -0.15) is 4.80 Å². The molecule has 0 radical (unpaired) electrons. The predicted molar refractivity (Wildman–Crippen MR) is 94.7 cm³/mol. The van der Waals surface area contributed by atoms with E-state index in [9.17, 15) is 4.79 Å². The molecule has 0 saturated heterocycles. The summed E-state index contributed by atoms with van der Waals surface area (Å²) in [7, 11) is 0. The second-order valence-corrected chi connectivity index (χ2v) is 6.97. The number of nitrogens with zero attached hydrogens (tertiary/aromatic N) is 5. The van der Waals surface area contributed by atoms with Gasteiger partial charge in [0, 0.05) is 17.3 Å². The van der Waals surface area contributed by atoms with Crippen LogP contribution in [0.4, 0.5) is 0 Å². The van der Waals surface area contributed by atoms with Gasteiger partial charge in [0.2, 0.25) is 5.82 Å². The summed E-state index contributed by atoms with van der Waals surface area (Å²) in [6, 6.07) is 7.70. The second kappa shape index (κ2) is 6.96. The minimum atomic E-state index is 0.0405. The maximum atomic E-state index is 12.8. The fraction of sp³-hybridized carbons (Fsp3) is 0.444. The van der Waals surface area contributed by atoms with Crippen LogP contribution in [-0.4, -0.2) is 37.1 Å². The largest absolute Gasteiger partial charge is 0.312 e. The lowest BCUT2D eigenvalue weighted by Gasteiger charge is -2.27. The fourth-order valence-electron chi connectivity index (χ4n) is 3.23. The van der Waals surface area contributed by atoms with Crippen molar-refractivity contribution in [3.05, 3.63) is 41.1 Å². The van der Waals surface area contributed by atoms with Crippen LogP contribution in [0.3, 0.4) is 0 Å². The molecule has 2 aliphatic carbocycles. The molecule has 0 unspecified atom stereocenters. The molecular formula is C18H20ClN5O. The first-order valence-electron chi connectivity index (χ1n) is 8.76. The molecule has 0 N–H and O–H groups in total. The summed E-state index contributed by atoms with van der Waals surface area (Å²) in [6.45, 7) is 0.102. The highest BCUT2D eigenvalue weighted by Gasteiger charge is 2.35. The number of allylic oxidation sites excluding steroid dienone is 2. The summed E-state index contributed by atoms with van der Waals surface area (Å²) < 4.78 is 0. The highest BCUT2D eigenvalue weighted by atomic mass is 35.5. The topological polar surface area (TPSA) is 63.9 Å².